The fraction of sp³-hybridized carbons (Fsp3) is 0.500. The standard InChI is InChI=1S/C14H19ClFNO/c1-14(2,3)8-12(17-13(18)9-15)10-4-6-11(16)7-5-10/h4-7,12H,8-9H2,1-3H3,(H,17,18). The number of amides is 1. The number of rotatable bonds is 4. The van der Waals surface area contributed by atoms with Crippen LogP contribution in [-0.4, -0.2) is 11.8 Å². The molecule has 1 aromatic rings. The van der Waals surface area contributed by atoms with E-state index >= 15 is 0 Å². The summed E-state index contributed by atoms with van der Waals surface area (Å²) in [5, 5.41) is 2.87. The smallest absolute Gasteiger partial charge is 0.235 e. The highest BCUT2D eigenvalue weighted by Crippen LogP contribution is 2.29. The van der Waals surface area contributed by atoms with E-state index in [0.717, 1.165) is 12.0 Å². The Kier molecular flexibility index (Phi) is 5.15. The van der Waals surface area contributed by atoms with Crippen molar-refractivity contribution in [1.82, 2.24) is 5.32 Å². The molecule has 0 saturated carbocycles. The van der Waals surface area contributed by atoms with Crippen molar-refractivity contribution in [1.29, 1.82) is 0 Å². The van der Waals surface area contributed by atoms with Crippen molar-refractivity contribution in [3.8, 4) is 0 Å². The molecular formula is C14H19ClFNO. The van der Waals surface area contributed by atoms with Crippen LogP contribution in [0.3, 0.4) is 0 Å². The third kappa shape index (κ3) is 5.05. The number of hydrogen-bond donors (Lipinski definition) is 1. The van der Waals surface area contributed by atoms with Crippen LogP contribution >= 0.6 is 11.6 Å². The van der Waals surface area contributed by atoms with Gasteiger partial charge in [-0.05, 0) is 29.5 Å². The van der Waals surface area contributed by atoms with Crippen LogP contribution in [0, 0.1) is 11.2 Å². The van der Waals surface area contributed by atoms with Crippen LogP contribution in [0.1, 0.15) is 38.8 Å². The van der Waals surface area contributed by atoms with Gasteiger partial charge >= 0.3 is 0 Å². The van der Waals surface area contributed by atoms with Crippen molar-refractivity contribution in [3.05, 3.63) is 35.6 Å². The van der Waals surface area contributed by atoms with Crippen molar-refractivity contribution < 1.29 is 9.18 Å². The first-order valence-electron chi connectivity index (χ1n) is 5.92. The zero-order chi connectivity index (χ0) is 13.8. The van der Waals surface area contributed by atoms with E-state index in [0.29, 0.717) is 0 Å². The van der Waals surface area contributed by atoms with Gasteiger partial charge in [0, 0.05) is 0 Å². The van der Waals surface area contributed by atoms with E-state index in [1.807, 2.05) is 0 Å². The first-order valence-corrected chi connectivity index (χ1v) is 6.46. The van der Waals surface area contributed by atoms with Crippen molar-refractivity contribution >= 4 is 17.5 Å². The summed E-state index contributed by atoms with van der Waals surface area (Å²) in [5.74, 6) is -0.561. The molecule has 0 aromatic heterocycles. The second kappa shape index (κ2) is 6.19. The van der Waals surface area contributed by atoms with E-state index in [2.05, 4.69) is 26.1 Å². The van der Waals surface area contributed by atoms with Crippen molar-refractivity contribution in [2.45, 2.75) is 33.2 Å². The van der Waals surface area contributed by atoms with Gasteiger partial charge in [-0.3, -0.25) is 4.79 Å². The fourth-order valence-electron chi connectivity index (χ4n) is 1.79. The van der Waals surface area contributed by atoms with Crippen LogP contribution in [0.5, 0.6) is 0 Å². The number of benzene rings is 1. The maximum atomic E-state index is 12.9. The van der Waals surface area contributed by atoms with Gasteiger partial charge in [0.15, 0.2) is 0 Å². The van der Waals surface area contributed by atoms with E-state index in [9.17, 15) is 9.18 Å². The number of halogens is 2. The molecule has 0 aliphatic rings. The molecule has 0 heterocycles. The first kappa shape index (κ1) is 15.0. The van der Waals surface area contributed by atoms with Crippen LogP contribution < -0.4 is 5.32 Å². The maximum Gasteiger partial charge on any atom is 0.235 e. The molecular weight excluding hydrogens is 253 g/mol. The minimum absolute atomic E-state index is 0.0542. The SMILES string of the molecule is CC(C)(C)CC(NC(=O)CCl)c1ccc(F)cc1. The summed E-state index contributed by atoms with van der Waals surface area (Å²) in [7, 11) is 0. The zero-order valence-electron chi connectivity index (χ0n) is 11.0. The van der Waals surface area contributed by atoms with Gasteiger partial charge in [-0.1, -0.05) is 32.9 Å². The summed E-state index contributed by atoms with van der Waals surface area (Å²) < 4.78 is 12.9. The molecule has 1 N–H and O–H groups in total. The quantitative estimate of drug-likeness (QED) is 0.832. The largest absolute Gasteiger partial charge is 0.348 e. The number of nitrogens with one attached hydrogen (secondary N) is 1. The molecule has 0 aliphatic heterocycles. The molecule has 1 atom stereocenters. The Balaban J connectivity index is 2.89. The molecule has 0 saturated heterocycles. The van der Waals surface area contributed by atoms with Gasteiger partial charge < -0.3 is 5.32 Å². The molecule has 1 rings (SSSR count). The Morgan fingerprint density at radius 3 is 2.33 bits per heavy atom. The van der Waals surface area contributed by atoms with Gasteiger partial charge in [-0.15, -0.1) is 11.6 Å². The third-order valence-corrected chi connectivity index (χ3v) is 2.79. The number of alkyl halides is 1. The average molecular weight is 272 g/mol. The van der Waals surface area contributed by atoms with Gasteiger partial charge in [0.25, 0.3) is 0 Å². The molecule has 18 heavy (non-hydrogen) atoms. The van der Waals surface area contributed by atoms with Crippen LogP contribution in [0.2, 0.25) is 0 Å². The van der Waals surface area contributed by atoms with Crippen LogP contribution in [0.4, 0.5) is 4.39 Å². The molecule has 0 bridgehead atoms. The lowest BCUT2D eigenvalue weighted by atomic mass is 9.85. The molecule has 1 amide bonds. The number of hydrogen-bond acceptors (Lipinski definition) is 1. The molecule has 0 radical (unpaired) electrons. The van der Waals surface area contributed by atoms with Crippen LogP contribution in [0.15, 0.2) is 24.3 Å². The van der Waals surface area contributed by atoms with Gasteiger partial charge in [0.1, 0.15) is 11.7 Å². The van der Waals surface area contributed by atoms with Crippen molar-refractivity contribution in [2.75, 3.05) is 5.88 Å². The topological polar surface area (TPSA) is 29.1 Å². The molecule has 0 aliphatic carbocycles. The highest BCUT2D eigenvalue weighted by molar-refractivity contribution is 6.27. The number of carbonyl (C=O) groups excluding carboxylic acids is 1. The highest BCUT2D eigenvalue weighted by atomic mass is 35.5. The first-order chi connectivity index (χ1) is 8.31. The maximum absolute atomic E-state index is 12.9. The monoisotopic (exact) mass is 271 g/mol. The molecule has 4 heteroatoms. The van der Waals surface area contributed by atoms with E-state index < -0.39 is 0 Å². The van der Waals surface area contributed by atoms with E-state index in [1.54, 1.807) is 12.1 Å². The molecule has 2 nitrogen and oxygen atoms in total. The number of carbonyl (C=O) groups is 1. The van der Waals surface area contributed by atoms with E-state index in [-0.39, 0.29) is 29.1 Å². The zero-order valence-corrected chi connectivity index (χ0v) is 11.7. The Morgan fingerprint density at radius 1 is 1.33 bits per heavy atom. The fourth-order valence-corrected chi connectivity index (χ4v) is 1.87. The van der Waals surface area contributed by atoms with Crippen molar-refractivity contribution in [2.24, 2.45) is 5.41 Å². The summed E-state index contributed by atoms with van der Waals surface area (Å²) in [6.07, 6.45) is 0.765. The Bertz CT molecular complexity index is 397. The Morgan fingerprint density at radius 2 is 1.89 bits per heavy atom. The van der Waals surface area contributed by atoms with E-state index in [1.165, 1.54) is 12.1 Å². The van der Waals surface area contributed by atoms with Gasteiger partial charge in [-0.2, -0.15) is 0 Å². The third-order valence-electron chi connectivity index (χ3n) is 2.55. The Hall–Kier alpha value is -1.09. The molecule has 1 aromatic carbocycles. The molecule has 1 unspecified atom stereocenters. The molecule has 0 fully saturated rings. The second-order valence-corrected chi connectivity index (χ2v) is 5.84. The highest BCUT2D eigenvalue weighted by Gasteiger charge is 2.21. The summed E-state index contributed by atoms with van der Waals surface area (Å²) in [4.78, 5) is 11.4. The van der Waals surface area contributed by atoms with Gasteiger partial charge in [-0.25, -0.2) is 4.39 Å². The summed E-state index contributed by atoms with van der Waals surface area (Å²) in [5.41, 5.74) is 0.948. The van der Waals surface area contributed by atoms with Crippen molar-refractivity contribution in [3.63, 3.8) is 0 Å². The lowest BCUT2D eigenvalue weighted by Crippen LogP contribution is -2.32. The van der Waals surface area contributed by atoms with Crippen LogP contribution in [0.25, 0.3) is 0 Å². The molecule has 0 spiro atoms. The summed E-state index contributed by atoms with van der Waals surface area (Å²) in [6.45, 7) is 6.28. The van der Waals surface area contributed by atoms with E-state index in [4.69, 9.17) is 11.6 Å². The lowest BCUT2D eigenvalue weighted by molar-refractivity contribution is -0.119. The van der Waals surface area contributed by atoms with Gasteiger partial charge in [0.2, 0.25) is 5.91 Å². The van der Waals surface area contributed by atoms with Gasteiger partial charge in [0.05, 0.1) is 6.04 Å². The summed E-state index contributed by atoms with van der Waals surface area (Å²) >= 11 is 5.51. The normalized spacial score (nSPS) is 13.2. The minimum Gasteiger partial charge on any atom is -0.348 e. The minimum atomic E-state index is -0.281. The Labute approximate surface area is 113 Å². The summed E-state index contributed by atoms with van der Waals surface area (Å²) in [6, 6.07) is 6.05. The average Bonchev–Trinajstić information content (AvgIpc) is 2.27. The molecule has 100 valence electrons. The predicted octanol–water partition coefficient (Wildman–Crippen LogP) is 3.66. The second-order valence-electron chi connectivity index (χ2n) is 5.57. The predicted molar refractivity (Wildman–Crippen MR) is 72.1 cm³/mol. The van der Waals surface area contributed by atoms with Crippen LogP contribution in [-0.2, 0) is 4.79 Å². The lowest BCUT2D eigenvalue weighted by Gasteiger charge is -2.27.